The van der Waals surface area contributed by atoms with E-state index in [1.165, 1.54) is 25.9 Å². The monoisotopic (exact) mass is 174 g/mol. The molecule has 0 spiro atoms. The Morgan fingerprint density at radius 2 is 1.17 bits per heavy atom. The second-order valence-corrected chi connectivity index (χ2v) is 3.82. The summed E-state index contributed by atoms with van der Waals surface area (Å²) in [6.07, 6.45) is 2.56. The van der Waals surface area contributed by atoms with Crippen LogP contribution in [-0.4, -0.2) is 25.2 Å². The molecule has 0 aromatic heterocycles. The van der Waals surface area contributed by atoms with E-state index in [2.05, 4.69) is 38.3 Å². The number of nitrogens with two attached hydrogens (primary N) is 2. The molecule has 0 rings (SSSR count). The summed E-state index contributed by atoms with van der Waals surface area (Å²) in [5.74, 6) is 0. The number of quaternary nitrogens is 2. The third kappa shape index (κ3) is 6.62. The van der Waals surface area contributed by atoms with E-state index in [0.717, 1.165) is 12.1 Å². The minimum atomic E-state index is 0.801. The van der Waals surface area contributed by atoms with Gasteiger partial charge in [0.15, 0.2) is 0 Å². The lowest BCUT2D eigenvalue weighted by Crippen LogP contribution is -2.99. The van der Waals surface area contributed by atoms with Crippen molar-refractivity contribution < 1.29 is 10.6 Å². The minimum Gasteiger partial charge on any atom is -0.339 e. The molecule has 0 bridgehead atoms. The molecular weight excluding hydrogens is 148 g/mol. The topological polar surface area (TPSA) is 33.2 Å². The average Bonchev–Trinajstić information content (AvgIpc) is 2.11. The van der Waals surface area contributed by atoms with Crippen molar-refractivity contribution in [2.45, 2.75) is 52.6 Å². The van der Waals surface area contributed by atoms with Gasteiger partial charge in [-0.05, 0) is 26.7 Å². The van der Waals surface area contributed by atoms with Gasteiger partial charge in [0.25, 0.3) is 0 Å². The molecule has 2 nitrogen and oxygen atoms in total. The number of hydrogen-bond donors (Lipinski definition) is 2. The molecule has 2 atom stereocenters. The van der Waals surface area contributed by atoms with Crippen LogP contribution in [0.2, 0.25) is 0 Å². The van der Waals surface area contributed by atoms with Crippen LogP contribution in [0.1, 0.15) is 40.5 Å². The van der Waals surface area contributed by atoms with Crippen molar-refractivity contribution in [3.8, 4) is 0 Å². The van der Waals surface area contributed by atoms with Crippen LogP contribution in [0.15, 0.2) is 0 Å². The van der Waals surface area contributed by atoms with Crippen LogP contribution >= 0.6 is 0 Å². The van der Waals surface area contributed by atoms with E-state index in [9.17, 15) is 0 Å². The van der Waals surface area contributed by atoms with Crippen molar-refractivity contribution in [2.75, 3.05) is 13.1 Å². The minimum absolute atomic E-state index is 0.801. The molecule has 0 aromatic carbocycles. The highest BCUT2D eigenvalue weighted by molar-refractivity contribution is 4.38. The van der Waals surface area contributed by atoms with Crippen molar-refractivity contribution in [2.24, 2.45) is 0 Å². The first kappa shape index (κ1) is 11.9. The van der Waals surface area contributed by atoms with Crippen molar-refractivity contribution in [1.82, 2.24) is 0 Å². The fraction of sp³-hybridized carbons (Fsp3) is 1.00. The Hall–Kier alpha value is -0.0800. The van der Waals surface area contributed by atoms with E-state index in [1.54, 1.807) is 0 Å². The summed E-state index contributed by atoms with van der Waals surface area (Å²) in [6, 6.07) is 1.60. The van der Waals surface area contributed by atoms with E-state index in [0.29, 0.717) is 0 Å². The van der Waals surface area contributed by atoms with Crippen LogP contribution in [0.25, 0.3) is 0 Å². The summed E-state index contributed by atoms with van der Waals surface area (Å²) < 4.78 is 0. The van der Waals surface area contributed by atoms with Crippen molar-refractivity contribution in [3.05, 3.63) is 0 Å². The quantitative estimate of drug-likeness (QED) is 0.497. The normalized spacial score (nSPS) is 16.0. The first-order valence-electron chi connectivity index (χ1n) is 5.37. The molecule has 74 valence electrons. The Morgan fingerprint density at radius 1 is 0.833 bits per heavy atom. The van der Waals surface area contributed by atoms with Crippen LogP contribution in [0.3, 0.4) is 0 Å². The van der Waals surface area contributed by atoms with E-state index in [-0.39, 0.29) is 0 Å². The highest BCUT2D eigenvalue weighted by Crippen LogP contribution is 1.78. The van der Waals surface area contributed by atoms with E-state index >= 15 is 0 Å². The zero-order valence-corrected chi connectivity index (χ0v) is 9.14. The summed E-state index contributed by atoms with van der Waals surface area (Å²) in [4.78, 5) is 0. The summed E-state index contributed by atoms with van der Waals surface area (Å²) in [5.41, 5.74) is 0. The second kappa shape index (κ2) is 7.56. The van der Waals surface area contributed by atoms with Crippen LogP contribution in [-0.2, 0) is 0 Å². The van der Waals surface area contributed by atoms with Gasteiger partial charge in [-0.3, -0.25) is 0 Å². The van der Waals surface area contributed by atoms with E-state index in [4.69, 9.17) is 0 Å². The maximum atomic E-state index is 2.44. The molecule has 12 heavy (non-hydrogen) atoms. The van der Waals surface area contributed by atoms with Crippen LogP contribution in [0.5, 0.6) is 0 Å². The van der Waals surface area contributed by atoms with Gasteiger partial charge >= 0.3 is 0 Å². The molecule has 0 saturated carbocycles. The smallest absolute Gasteiger partial charge is 0.125 e. The number of rotatable bonds is 7. The Morgan fingerprint density at radius 3 is 1.42 bits per heavy atom. The summed E-state index contributed by atoms with van der Waals surface area (Å²) in [5, 5.41) is 4.89. The third-order valence-electron chi connectivity index (χ3n) is 2.59. The molecule has 0 heterocycles. The maximum Gasteiger partial charge on any atom is 0.125 e. The molecule has 0 aliphatic carbocycles. The van der Waals surface area contributed by atoms with Crippen molar-refractivity contribution in [1.29, 1.82) is 0 Å². The SMILES string of the molecule is CC[C@H](C)[NH2+]CC[NH2+][C@@H](C)CC. The maximum absolute atomic E-state index is 2.44. The lowest BCUT2D eigenvalue weighted by molar-refractivity contribution is -0.751. The van der Waals surface area contributed by atoms with Crippen LogP contribution < -0.4 is 10.6 Å². The van der Waals surface area contributed by atoms with E-state index in [1.807, 2.05) is 0 Å². The molecule has 4 N–H and O–H groups in total. The van der Waals surface area contributed by atoms with Gasteiger partial charge in [-0.15, -0.1) is 0 Å². The van der Waals surface area contributed by atoms with Gasteiger partial charge in [-0.1, -0.05) is 13.8 Å². The van der Waals surface area contributed by atoms with Crippen molar-refractivity contribution in [3.63, 3.8) is 0 Å². The molecule has 0 unspecified atom stereocenters. The summed E-state index contributed by atoms with van der Waals surface area (Å²) >= 11 is 0. The molecule has 0 saturated heterocycles. The van der Waals surface area contributed by atoms with Crippen LogP contribution in [0, 0.1) is 0 Å². The van der Waals surface area contributed by atoms with E-state index < -0.39 is 0 Å². The highest BCUT2D eigenvalue weighted by atomic mass is 15.0. The second-order valence-electron chi connectivity index (χ2n) is 3.82. The fourth-order valence-electron chi connectivity index (χ4n) is 1.09. The van der Waals surface area contributed by atoms with Gasteiger partial charge < -0.3 is 10.6 Å². The molecule has 0 aliphatic rings. The Balaban J connectivity index is 3.10. The molecule has 0 radical (unpaired) electrons. The molecule has 0 fully saturated rings. The Kier molecular flexibility index (Phi) is 7.51. The van der Waals surface area contributed by atoms with Gasteiger partial charge in [0, 0.05) is 0 Å². The lowest BCUT2D eigenvalue weighted by atomic mass is 10.2. The third-order valence-corrected chi connectivity index (χ3v) is 2.59. The predicted octanol–water partition coefficient (Wildman–Crippen LogP) is -0.290. The average molecular weight is 174 g/mol. The predicted molar refractivity (Wildman–Crippen MR) is 53.1 cm³/mol. The summed E-state index contributed by atoms with van der Waals surface area (Å²) in [6.45, 7) is 11.6. The number of hydrogen-bond acceptors (Lipinski definition) is 0. The molecule has 0 aliphatic heterocycles. The van der Waals surface area contributed by atoms with Crippen LogP contribution in [0.4, 0.5) is 0 Å². The van der Waals surface area contributed by atoms with Gasteiger partial charge in [-0.25, -0.2) is 0 Å². The van der Waals surface area contributed by atoms with Crippen molar-refractivity contribution >= 4 is 0 Å². The molecule has 2 heteroatoms. The summed E-state index contributed by atoms with van der Waals surface area (Å²) in [7, 11) is 0. The van der Waals surface area contributed by atoms with Gasteiger partial charge in [0.1, 0.15) is 13.1 Å². The molecule has 0 aromatic rings. The standard InChI is InChI=1S/C10H24N2/c1-5-9(3)11-7-8-12-10(4)6-2/h9-12H,5-8H2,1-4H3/p+2/t9-,10-/m0/s1. The van der Waals surface area contributed by atoms with Gasteiger partial charge in [0.05, 0.1) is 12.1 Å². The fourth-order valence-corrected chi connectivity index (χ4v) is 1.09. The van der Waals surface area contributed by atoms with Gasteiger partial charge in [0.2, 0.25) is 0 Å². The zero-order valence-electron chi connectivity index (χ0n) is 9.14. The largest absolute Gasteiger partial charge is 0.339 e. The Bertz CT molecular complexity index is 81.8. The Labute approximate surface area is 77.1 Å². The molecular formula is C10H26N2+2. The first-order valence-corrected chi connectivity index (χ1v) is 5.37. The zero-order chi connectivity index (χ0) is 9.40. The molecule has 0 amide bonds. The highest BCUT2D eigenvalue weighted by Gasteiger charge is 2.03. The lowest BCUT2D eigenvalue weighted by Gasteiger charge is -2.09. The van der Waals surface area contributed by atoms with Gasteiger partial charge in [-0.2, -0.15) is 0 Å². The first-order chi connectivity index (χ1) is 5.70.